The predicted molar refractivity (Wildman–Crippen MR) is 90.1 cm³/mol. The Bertz CT molecular complexity index is 1130. The van der Waals surface area contributed by atoms with Gasteiger partial charge in [0.05, 0.1) is 9.99 Å². The van der Waals surface area contributed by atoms with E-state index in [2.05, 4.69) is 15.6 Å². The summed E-state index contributed by atoms with van der Waals surface area (Å²) < 4.78 is 32.5. The Morgan fingerprint density at radius 1 is 1.18 bits per heavy atom. The lowest BCUT2D eigenvalue weighted by Gasteiger charge is -2.02. The number of nitrogens with one attached hydrogen (secondary N) is 1. The van der Waals surface area contributed by atoms with Crippen LogP contribution >= 0.6 is 0 Å². The van der Waals surface area contributed by atoms with Crippen LogP contribution in [0.2, 0.25) is 0 Å². The topological polar surface area (TPSA) is 191 Å². The third-order valence-electron chi connectivity index (χ3n) is 3.34. The summed E-state index contributed by atoms with van der Waals surface area (Å²) in [5, 5.41) is 19.6. The van der Waals surface area contributed by atoms with E-state index < -0.39 is 31.8 Å². The lowest BCUT2D eigenvalue weighted by Crippen LogP contribution is -2.49. The lowest BCUT2D eigenvalue weighted by atomic mass is 10.3. The number of nitrogens with zero attached hydrogens (tertiary/aromatic N) is 5. The van der Waals surface area contributed by atoms with Crippen molar-refractivity contribution in [3.05, 3.63) is 70.5 Å². The van der Waals surface area contributed by atoms with Crippen molar-refractivity contribution >= 4 is 21.7 Å². The van der Waals surface area contributed by atoms with Crippen molar-refractivity contribution in [1.82, 2.24) is 15.2 Å². The molecule has 0 aliphatic rings. The van der Waals surface area contributed by atoms with E-state index in [1.165, 1.54) is 12.1 Å². The Morgan fingerprint density at radius 2 is 1.86 bits per heavy atom. The molecular weight excluding hydrogens is 396 g/mol. The molecule has 0 spiro atoms. The van der Waals surface area contributed by atoms with Gasteiger partial charge in [-0.25, -0.2) is 0 Å². The SMILES string of the molecule is O=C(Nc1ccccc1)c1nnn([N+](=O)[O-])[n+]1-c1cccc(S(=O)(=O)O)c1.[OH-]. The fraction of sp³-hybridized carbons (Fsp3) is 0. The van der Waals surface area contributed by atoms with E-state index in [1.54, 1.807) is 30.3 Å². The van der Waals surface area contributed by atoms with E-state index in [9.17, 15) is 27.9 Å². The van der Waals surface area contributed by atoms with Crippen LogP contribution in [0, 0.1) is 10.1 Å². The van der Waals surface area contributed by atoms with E-state index in [0.29, 0.717) is 10.4 Å². The predicted octanol–water partition coefficient (Wildman–Crippen LogP) is -0.0832. The number of anilines is 1. The highest BCUT2D eigenvalue weighted by molar-refractivity contribution is 7.85. The molecule has 2 aromatic carbocycles. The van der Waals surface area contributed by atoms with Gasteiger partial charge in [0, 0.05) is 11.8 Å². The van der Waals surface area contributed by atoms with Gasteiger partial charge in [0.15, 0.2) is 10.7 Å². The van der Waals surface area contributed by atoms with Crippen molar-refractivity contribution in [2.45, 2.75) is 4.90 Å². The van der Waals surface area contributed by atoms with E-state index in [0.717, 1.165) is 12.1 Å². The monoisotopic (exact) mass is 408 g/mol. The van der Waals surface area contributed by atoms with Gasteiger partial charge in [-0.05, 0) is 28.9 Å². The molecule has 13 nitrogen and oxygen atoms in total. The molecule has 1 heterocycles. The molecule has 146 valence electrons. The van der Waals surface area contributed by atoms with E-state index >= 15 is 0 Å². The van der Waals surface area contributed by atoms with Gasteiger partial charge in [0.25, 0.3) is 15.0 Å². The van der Waals surface area contributed by atoms with Gasteiger partial charge in [0.1, 0.15) is 0 Å². The van der Waals surface area contributed by atoms with Gasteiger partial charge >= 0.3 is 16.9 Å². The summed E-state index contributed by atoms with van der Waals surface area (Å²) in [6.07, 6.45) is 0. The maximum Gasteiger partial charge on any atom is 0.398 e. The van der Waals surface area contributed by atoms with Crippen LogP contribution in [0.25, 0.3) is 5.69 Å². The minimum Gasteiger partial charge on any atom is -0.870 e. The lowest BCUT2D eigenvalue weighted by molar-refractivity contribution is -0.838. The molecule has 14 heteroatoms. The first-order chi connectivity index (χ1) is 12.8. The molecule has 3 aromatic rings. The molecule has 3 rings (SSSR count). The van der Waals surface area contributed by atoms with Gasteiger partial charge in [-0.1, -0.05) is 24.3 Å². The number of tetrazole rings is 1. The molecule has 3 N–H and O–H groups in total. The highest BCUT2D eigenvalue weighted by atomic mass is 32.2. The number of carbonyl (C=O) groups is 1. The number of aromatic nitrogens is 4. The van der Waals surface area contributed by atoms with Crippen LogP contribution in [0.5, 0.6) is 0 Å². The Balaban J connectivity index is 0.00000280. The zero-order valence-electron chi connectivity index (χ0n) is 13.8. The second kappa shape index (κ2) is 7.87. The maximum atomic E-state index is 12.5. The second-order valence-corrected chi connectivity index (χ2v) is 6.55. The largest absolute Gasteiger partial charge is 0.870 e. The van der Waals surface area contributed by atoms with Crippen LogP contribution in [-0.2, 0) is 10.1 Å². The van der Waals surface area contributed by atoms with Crippen LogP contribution in [0.3, 0.4) is 0 Å². The number of nitro groups is 1. The van der Waals surface area contributed by atoms with Gasteiger partial charge in [0.2, 0.25) is 0 Å². The quantitative estimate of drug-likeness (QED) is 0.251. The second-order valence-electron chi connectivity index (χ2n) is 5.12. The minimum absolute atomic E-state index is 0. The third kappa shape index (κ3) is 4.14. The summed E-state index contributed by atoms with van der Waals surface area (Å²) in [6, 6.07) is 12.8. The number of amides is 1. The van der Waals surface area contributed by atoms with Crippen LogP contribution in [0.15, 0.2) is 59.5 Å². The fourth-order valence-electron chi connectivity index (χ4n) is 2.21. The van der Waals surface area contributed by atoms with Crippen molar-refractivity contribution in [3.63, 3.8) is 0 Å². The van der Waals surface area contributed by atoms with Crippen LogP contribution in [-0.4, -0.2) is 44.6 Å². The number of para-hydroxylation sites is 1. The summed E-state index contributed by atoms with van der Waals surface area (Å²) >= 11 is 0. The molecule has 0 bridgehead atoms. The number of benzene rings is 2. The highest BCUT2D eigenvalue weighted by Gasteiger charge is 2.36. The highest BCUT2D eigenvalue weighted by Crippen LogP contribution is 2.12. The van der Waals surface area contributed by atoms with Crippen LogP contribution < -0.4 is 10.00 Å². The van der Waals surface area contributed by atoms with Gasteiger partial charge in [-0.2, -0.15) is 8.42 Å². The first-order valence-electron chi connectivity index (χ1n) is 7.24. The fourth-order valence-corrected chi connectivity index (χ4v) is 2.73. The zero-order chi connectivity index (χ0) is 19.6. The molecule has 0 radical (unpaired) electrons. The van der Waals surface area contributed by atoms with Gasteiger partial charge in [-0.3, -0.25) is 19.5 Å². The average Bonchev–Trinajstić information content (AvgIpc) is 3.07. The molecule has 1 amide bonds. The van der Waals surface area contributed by atoms with Crippen molar-refractivity contribution in [3.8, 4) is 5.69 Å². The first-order valence-corrected chi connectivity index (χ1v) is 8.68. The van der Waals surface area contributed by atoms with Crippen molar-refractivity contribution in [2.75, 3.05) is 5.32 Å². The van der Waals surface area contributed by atoms with Gasteiger partial charge < -0.3 is 10.8 Å². The van der Waals surface area contributed by atoms with Crippen molar-refractivity contribution < 1.29 is 33.0 Å². The maximum absolute atomic E-state index is 12.5. The number of rotatable bonds is 5. The Hall–Kier alpha value is -3.75. The smallest absolute Gasteiger partial charge is 0.398 e. The van der Waals surface area contributed by atoms with Crippen LogP contribution in [0.4, 0.5) is 5.69 Å². The van der Waals surface area contributed by atoms with Crippen molar-refractivity contribution in [2.24, 2.45) is 0 Å². The molecule has 0 saturated heterocycles. The van der Waals surface area contributed by atoms with Gasteiger partial charge in [-0.15, -0.1) is 0 Å². The molecule has 1 aromatic heterocycles. The van der Waals surface area contributed by atoms with Crippen LogP contribution in [0.1, 0.15) is 10.6 Å². The normalized spacial score (nSPS) is 10.8. The summed E-state index contributed by atoms with van der Waals surface area (Å²) in [6.45, 7) is 0. The third-order valence-corrected chi connectivity index (χ3v) is 4.19. The summed E-state index contributed by atoms with van der Waals surface area (Å²) in [5.74, 6) is -1.28. The number of carbonyl (C=O) groups excluding carboxylic acids is 1. The number of hydrogen-bond donors (Lipinski definition) is 2. The summed E-state index contributed by atoms with van der Waals surface area (Å²) in [4.78, 5) is 23.4. The standard InChI is InChI=1S/C14H10N6O6S.H2O/c21-14(15-10-5-2-1-3-6-10)13-16-17-19(20(22)23)18(13)11-7-4-8-12(9-11)27(24,25)26;/h1-9H,(H-,15,21,24,25,26);1H2. The molecule has 0 aliphatic heterocycles. The first kappa shape index (κ1) is 20.6. The average molecular weight is 408 g/mol. The molecule has 0 aliphatic carbocycles. The molecular formula is C14H12N6O7S. The van der Waals surface area contributed by atoms with E-state index in [1.807, 2.05) is 0 Å². The zero-order valence-corrected chi connectivity index (χ0v) is 14.6. The molecule has 0 fully saturated rings. The molecule has 0 saturated carbocycles. The van der Waals surface area contributed by atoms with E-state index in [4.69, 9.17) is 0 Å². The Labute approximate surface area is 157 Å². The molecule has 0 atom stereocenters. The molecule has 28 heavy (non-hydrogen) atoms. The summed E-state index contributed by atoms with van der Waals surface area (Å²) in [5.41, 5.74) is 0.293. The summed E-state index contributed by atoms with van der Waals surface area (Å²) in [7, 11) is -4.56. The molecule has 0 unspecified atom stereocenters. The Morgan fingerprint density at radius 3 is 2.46 bits per heavy atom. The van der Waals surface area contributed by atoms with E-state index in [-0.39, 0.29) is 16.1 Å². The minimum atomic E-state index is -4.56. The number of hydrogen-bond acceptors (Lipinski definition) is 8. The van der Waals surface area contributed by atoms with Crippen molar-refractivity contribution in [1.29, 1.82) is 0 Å². The Kier molecular flexibility index (Phi) is 5.78.